The minimum Gasteiger partial charge on any atom is -0.348 e. The molecule has 1 fully saturated rings. The zero-order valence-electron chi connectivity index (χ0n) is 15.9. The largest absolute Gasteiger partial charge is 0.383 e. The fraction of sp³-hybridized carbons (Fsp3) is 0.647. The molecule has 1 saturated heterocycles. The maximum absolute atomic E-state index is 16.3. The van der Waals surface area contributed by atoms with Gasteiger partial charge in [-0.15, -0.1) is 0 Å². The minimum atomic E-state index is -4.74. The van der Waals surface area contributed by atoms with Crippen molar-refractivity contribution in [2.24, 2.45) is 0 Å². The van der Waals surface area contributed by atoms with Crippen LogP contribution in [0.2, 0.25) is 0 Å². The van der Waals surface area contributed by atoms with Gasteiger partial charge in [0.25, 0.3) is 0 Å². The van der Waals surface area contributed by atoms with Crippen LogP contribution in [0.15, 0.2) is 35.2 Å². The first-order chi connectivity index (χ1) is 12.5. The van der Waals surface area contributed by atoms with Crippen LogP contribution in [0.4, 0.5) is 4.39 Å². The summed E-state index contributed by atoms with van der Waals surface area (Å²) in [6.45, 7) is 5.83. The first kappa shape index (κ1) is 22.5. The average molecular weight is 424 g/mol. The van der Waals surface area contributed by atoms with E-state index in [-0.39, 0.29) is 24.7 Å². The summed E-state index contributed by atoms with van der Waals surface area (Å²) in [5.74, 6) is -0.997. The Hall–Kier alpha value is -0.830. The second-order valence-corrected chi connectivity index (χ2v) is 11.1. The van der Waals surface area contributed by atoms with E-state index in [1.807, 2.05) is 0 Å². The summed E-state index contributed by atoms with van der Waals surface area (Å²) in [6.07, 6.45) is -1.68. The van der Waals surface area contributed by atoms with Crippen LogP contribution in [0, 0.1) is 0 Å². The molecule has 0 spiro atoms. The highest BCUT2D eigenvalue weighted by molar-refractivity contribution is 7.99. The number of ether oxygens (including phenoxy) is 2. The summed E-state index contributed by atoms with van der Waals surface area (Å²) in [6, 6.07) is 6.99. The van der Waals surface area contributed by atoms with Crippen LogP contribution in [0.3, 0.4) is 0 Å². The molecule has 10 heteroatoms. The molecule has 0 amide bonds. The van der Waals surface area contributed by atoms with Crippen LogP contribution in [0.5, 0.6) is 0 Å². The maximum atomic E-state index is 16.3. The zero-order valence-corrected chi connectivity index (χ0v) is 17.6. The molecule has 1 aliphatic heterocycles. The lowest BCUT2D eigenvalue weighted by Gasteiger charge is -2.33. The van der Waals surface area contributed by atoms with Crippen molar-refractivity contribution in [3.8, 4) is 0 Å². The summed E-state index contributed by atoms with van der Waals surface area (Å²) >= 11 is 0. The Kier molecular flexibility index (Phi) is 6.88. The first-order valence-corrected chi connectivity index (χ1v) is 11.7. The van der Waals surface area contributed by atoms with Gasteiger partial charge in [0, 0.05) is 6.42 Å². The normalized spacial score (nSPS) is 22.5. The van der Waals surface area contributed by atoms with Crippen LogP contribution in [-0.4, -0.2) is 44.9 Å². The van der Waals surface area contributed by atoms with Crippen LogP contribution in [-0.2, 0) is 32.9 Å². The third-order valence-electron chi connectivity index (χ3n) is 4.02. The minimum absolute atomic E-state index is 0.0404. The van der Waals surface area contributed by atoms with Crippen molar-refractivity contribution < 1.29 is 35.9 Å². The van der Waals surface area contributed by atoms with Gasteiger partial charge < -0.3 is 18.5 Å². The fourth-order valence-electron chi connectivity index (χ4n) is 2.86. The summed E-state index contributed by atoms with van der Waals surface area (Å²) in [5.41, 5.74) is 0. The smallest absolute Gasteiger partial charge is 0.348 e. The third-order valence-corrected chi connectivity index (χ3v) is 9.49. The molecule has 0 bridgehead atoms. The number of sulfone groups is 1. The molecule has 1 aliphatic rings. The lowest BCUT2D eigenvalue weighted by molar-refractivity contribution is -0.140. The van der Waals surface area contributed by atoms with Gasteiger partial charge in [-0.1, -0.05) is 18.2 Å². The number of rotatable bonds is 9. The summed E-state index contributed by atoms with van der Waals surface area (Å²) in [4.78, 5) is -0.315. The van der Waals surface area contributed by atoms with Crippen molar-refractivity contribution >= 4 is 17.4 Å². The van der Waals surface area contributed by atoms with Crippen LogP contribution < -0.4 is 0 Å². The molecule has 1 heterocycles. The molecule has 0 radical (unpaired) electrons. The van der Waals surface area contributed by atoms with Gasteiger partial charge in [-0.2, -0.15) is 0 Å². The molecule has 1 aromatic carbocycles. The Morgan fingerprint density at radius 1 is 1.22 bits per heavy atom. The Labute approximate surface area is 159 Å². The average Bonchev–Trinajstić information content (AvgIpc) is 2.94. The molecule has 0 aromatic heterocycles. The van der Waals surface area contributed by atoms with Gasteiger partial charge in [-0.25, -0.2) is 12.8 Å². The van der Waals surface area contributed by atoms with Gasteiger partial charge in [0.1, 0.15) is 0 Å². The summed E-state index contributed by atoms with van der Waals surface area (Å²) < 4.78 is 73.9. The van der Waals surface area contributed by atoms with Crippen molar-refractivity contribution in [1.82, 2.24) is 0 Å². The lowest BCUT2D eigenvalue weighted by Crippen LogP contribution is -2.40. The highest BCUT2D eigenvalue weighted by atomic mass is 32.2. The van der Waals surface area contributed by atoms with Crippen molar-refractivity contribution in [2.45, 2.75) is 55.6 Å². The number of hydrogen-bond donors (Lipinski definition) is 0. The predicted molar refractivity (Wildman–Crippen MR) is 97.8 cm³/mol. The standard InChI is InChI=1S/C17H26FO7PS/c1-5-23-26(19,24-6-2)17(18,12-14-13-22-16(3,4)25-14)27(20,21)15-10-8-7-9-11-15/h7-11,14H,5-6,12-13H2,1-4H3. The predicted octanol–water partition coefficient (Wildman–Crippen LogP) is 3.89. The fourth-order valence-corrected chi connectivity index (χ4v) is 7.52. The maximum Gasteiger partial charge on any atom is 0.383 e. The Bertz CT molecular complexity index is 774. The van der Waals surface area contributed by atoms with Gasteiger partial charge in [0.05, 0.1) is 30.8 Å². The van der Waals surface area contributed by atoms with E-state index >= 15 is 4.39 Å². The number of alkyl halides is 1. The second-order valence-electron chi connectivity index (χ2n) is 6.49. The Morgan fingerprint density at radius 3 is 2.22 bits per heavy atom. The van der Waals surface area contributed by atoms with E-state index in [0.717, 1.165) is 0 Å². The van der Waals surface area contributed by atoms with Crippen LogP contribution in [0.25, 0.3) is 0 Å². The van der Waals surface area contributed by atoms with Gasteiger partial charge >= 0.3 is 12.3 Å². The van der Waals surface area contributed by atoms with Gasteiger partial charge in [0.2, 0.25) is 9.84 Å². The molecular formula is C17H26FO7PS. The molecule has 2 unspecified atom stereocenters. The van der Waals surface area contributed by atoms with E-state index in [1.165, 1.54) is 38.1 Å². The molecule has 1 aromatic rings. The number of hydrogen-bond acceptors (Lipinski definition) is 7. The van der Waals surface area contributed by atoms with E-state index in [4.69, 9.17) is 18.5 Å². The molecule has 7 nitrogen and oxygen atoms in total. The van der Waals surface area contributed by atoms with Gasteiger partial charge in [-0.05, 0) is 39.8 Å². The zero-order chi connectivity index (χ0) is 20.3. The van der Waals surface area contributed by atoms with E-state index in [1.54, 1.807) is 19.9 Å². The number of halogens is 1. The molecule has 0 N–H and O–H groups in total. The molecule has 2 atom stereocenters. The molecule has 2 rings (SSSR count). The van der Waals surface area contributed by atoms with Gasteiger partial charge in [0.15, 0.2) is 5.79 Å². The molecule has 27 heavy (non-hydrogen) atoms. The highest BCUT2D eigenvalue weighted by Crippen LogP contribution is 2.66. The molecule has 0 saturated carbocycles. The van der Waals surface area contributed by atoms with Crippen molar-refractivity contribution in [3.63, 3.8) is 0 Å². The summed E-state index contributed by atoms with van der Waals surface area (Å²) in [5, 5.41) is 0. The quantitative estimate of drug-likeness (QED) is 0.556. The third kappa shape index (κ3) is 4.44. The van der Waals surface area contributed by atoms with Crippen molar-refractivity contribution in [3.05, 3.63) is 30.3 Å². The monoisotopic (exact) mass is 424 g/mol. The summed E-state index contributed by atoms with van der Waals surface area (Å²) in [7, 11) is -9.46. The lowest BCUT2D eigenvalue weighted by atomic mass is 10.3. The van der Waals surface area contributed by atoms with E-state index in [2.05, 4.69) is 0 Å². The second kappa shape index (κ2) is 8.27. The van der Waals surface area contributed by atoms with Crippen molar-refractivity contribution in [1.29, 1.82) is 0 Å². The van der Waals surface area contributed by atoms with Crippen molar-refractivity contribution in [2.75, 3.05) is 19.8 Å². The topological polar surface area (TPSA) is 88.1 Å². The van der Waals surface area contributed by atoms with E-state index in [9.17, 15) is 13.0 Å². The highest BCUT2D eigenvalue weighted by Gasteiger charge is 2.64. The van der Waals surface area contributed by atoms with Crippen LogP contribution >= 0.6 is 7.60 Å². The Morgan fingerprint density at radius 2 is 1.78 bits per heavy atom. The van der Waals surface area contributed by atoms with E-state index < -0.39 is 40.5 Å². The molecule has 154 valence electrons. The van der Waals surface area contributed by atoms with Gasteiger partial charge in [-0.3, -0.25) is 4.57 Å². The van der Waals surface area contributed by atoms with Crippen LogP contribution in [0.1, 0.15) is 34.1 Å². The molecule has 0 aliphatic carbocycles. The van der Waals surface area contributed by atoms with E-state index in [0.29, 0.717) is 0 Å². The molecular weight excluding hydrogens is 398 g/mol. The first-order valence-electron chi connectivity index (χ1n) is 8.71. The number of benzene rings is 1. The Balaban J connectivity index is 2.55. The SMILES string of the molecule is CCOP(=O)(OCC)C(F)(CC1COC(C)(C)O1)S(=O)(=O)c1ccccc1.